The largest absolute Gasteiger partial charge is 0.325 e. The molecule has 0 bridgehead atoms. The van der Waals surface area contributed by atoms with Crippen LogP contribution in [0.25, 0.3) is 0 Å². The summed E-state index contributed by atoms with van der Waals surface area (Å²) in [6.45, 7) is 4.01. The van der Waals surface area contributed by atoms with Crippen LogP contribution in [0, 0.1) is 0 Å². The molecule has 1 N–H and O–H groups in total. The second-order valence-electron chi connectivity index (χ2n) is 4.37. The van der Waals surface area contributed by atoms with Gasteiger partial charge in [-0.15, -0.1) is 0 Å². The molecule has 0 aliphatic rings. The zero-order valence-electron chi connectivity index (χ0n) is 11.2. The molecule has 0 saturated carbocycles. The van der Waals surface area contributed by atoms with E-state index in [-0.39, 0.29) is 11.7 Å². The number of nitrogens with one attached hydrogen (secondary N) is 1. The quantitative estimate of drug-likeness (QED) is 0.745. The minimum atomic E-state index is -0.0340. The molecule has 98 valence electrons. The van der Waals surface area contributed by atoms with Gasteiger partial charge in [-0.2, -0.15) is 0 Å². The maximum Gasteiger partial charge on any atom is 0.224 e. The smallest absolute Gasteiger partial charge is 0.224 e. The third-order valence-corrected chi connectivity index (χ3v) is 2.74. The van der Waals surface area contributed by atoms with E-state index in [1.54, 1.807) is 12.1 Å². The van der Waals surface area contributed by atoms with Gasteiger partial charge in [0.25, 0.3) is 0 Å². The summed E-state index contributed by atoms with van der Waals surface area (Å²) in [4.78, 5) is 23.6. The number of carbonyl (C=O) groups excluding carboxylic acids is 2. The second kappa shape index (κ2) is 7.64. The maximum absolute atomic E-state index is 12.0. The third kappa shape index (κ3) is 4.32. The van der Waals surface area contributed by atoms with Crippen molar-refractivity contribution in [3.8, 4) is 0 Å². The predicted molar refractivity (Wildman–Crippen MR) is 73.8 cm³/mol. The van der Waals surface area contributed by atoms with Crippen LogP contribution in [0.4, 0.5) is 5.69 Å². The molecule has 18 heavy (non-hydrogen) atoms. The lowest BCUT2D eigenvalue weighted by Gasteiger charge is -2.09. The van der Waals surface area contributed by atoms with E-state index < -0.39 is 0 Å². The molecule has 1 amide bonds. The molecule has 3 heteroatoms. The van der Waals surface area contributed by atoms with E-state index in [4.69, 9.17) is 0 Å². The molecule has 0 spiro atoms. The number of Topliss-reactive ketones (excluding diaryl/α,β-unsaturated/α-hetero) is 1. The van der Waals surface area contributed by atoms with Gasteiger partial charge in [-0.05, 0) is 25.0 Å². The minimum Gasteiger partial charge on any atom is -0.325 e. The average molecular weight is 247 g/mol. The SMILES string of the molecule is CCCCC(=O)c1ccccc1NC(=O)CCC. The van der Waals surface area contributed by atoms with Gasteiger partial charge in [0.1, 0.15) is 0 Å². The summed E-state index contributed by atoms with van der Waals surface area (Å²) in [6, 6.07) is 7.22. The number of anilines is 1. The number of para-hydroxylation sites is 1. The summed E-state index contributed by atoms with van der Waals surface area (Å²) in [5.41, 5.74) is 1.26. The Kier molecular flexibility index (Phi) is 6.12. The highest BCUT2D eigenvalue weighted by Gasteiger charge is 2.11. The lowest BCUT2D eigenvalue weighted by molar-refractivity contribution is -0.116. The van der Waals surface area contributed by atoms with Crippen molar-refractivity contribution in [1.29, 1.82) is 0 Å². The second-order valence-corrected chi connectivity index (χ2v) is 4.37. The van der Waals surface area contributed by atoms with Crippen LogP contribution in [-0.2, 0) is 4.79 Å². The average Bonchev–Trinajstić information content (AvgIpc) is 2.37. The van der Waals surface area contributed by atoms with Gasteiger partial charge in [0, 0.05) is 18.4 Å². The van der Waals surface area contributed by atoms with Crippen molar-refractivity contribution < 1.29 is 9.59 Å². The zero-order chi connectivity index (χ0) is 13.4. The fourth-order valence-corrected chi connectivity index (χ4v) is 1.75. The van der Waals surface area contributed by atoms with E-state index in [0.717, 1.165) is 19.3 Å². The van der Waals surface area contributed by atoms with Crippen LogP contribution in [0.3, 0.4) is 0 Å². The van der Waals surface area contributed by atoms with E-state index in [1.807, 2.05) is 19.1 Å². The van der Waals surface area contributed by atoms with Gasteiger partial charge in [0.2, 0.25) is 5.91 Å². The maximum atomic E-state index is 12.0. The van der Waals surface area contributed by atoms with Crippen molar-refractivity contribution in [2.75, 3.05) is 5.32 Å². The van der Waals surface area contributed by atoms with E-state index in [9.17, 15) is 9.59 Å². The van der Waals surface area contributed by atoms with Crippen LogP contribution in [0.2, 0.25) is 0 Å². The normalized spacial score (nSPS) is 10.1. The molecular weight excluding hydrogens is 226 g/mol. The van der Waals surface area contributed by atoms with E-state index in [0.29, 0.717) is 24.1 Å². The number of unbranched alkanes of at least 4 members (excludes halogenated alkanes) is 1. The van der Waals surface area contributed by atoms with Crippen LogP contribution in [0.5, 0.6) is 0 Å². The monoisotopic (exact) mass is 247 g/mol. The molecule has 0 aliphatic carbocycles. The van der Waals surface area contributed by atoms with E-state index in [2.05, 4.69) is 12.2 Å². The first-order valence-corrected chi connectivity index (χ1v) is 6.61. The van der Waals surface area contributed by atoms with Gasteiger partial charge in [0.15, 0.2) is 5.78 Å². The highest BCUT2D eigenvalue weighted by atomic mass is 16.1. The summed E-state index contributed by atoms with van der Waals surface area (Å²) < 4.78 is 0. The Morgan fingerprint density at radius 2 is 1.78 bits per heavy atom. The number of rotatable bonds is 7. The van der Waals surface area contributed by atoms with Crippen molar-refractivity contribution >= 4 is 17.4 Å². The van der Waals surface area contributed by atoms with E-state index >= 15 is 0 Å². The first kappa shape index (κ1) is 14.4. The summed E-state index contributed by atoms with van der Waals surface area (Å²) >= 11 is 0. The van der Waals surface area contributed by atoms with Gasteiger partial charge in [0.05, 0.1) is 5.69 Å². The minimum absolute atomic E-state index is 0.0340. The molecule has 0 aromatic heterocycles. The Morgan fingerprint density at radius 3 is 2.44 bits per heavy atom. The Hall–Kier alpha value is -1.64. The molecule has 1 aromatic carbocycles. The van der Waals surface area contributed by atoms with Gasteiger partial charge < -0.3 is 5.32 Å². The van der Waals surface area contributed by atoms with Gasteiger partial charge in [-0.3, -0.25) is 9.59 Å². The molecule has 0 aliphatic heterocycles. The van der Waals surface area contributed by atoms with Crippen LogP contribution in [-0.4, -0.2) is 11.7 Å². The van der Waals surface area contributed by atoms with E-state index in [1.165, 1.54) is 0 Å². The predicted octanol–water partition coefficient (Wildman–Crippen LogP) is 3.80. The topological polar surface area (TPSA) is 46.2 Å². The zero-order valence-corrected chi connectivity index (χ0v) is 11.2. The lowest BCUT2D eigenvalue weighted by atomic mass is 10.0. The molecule has 1 aromatic rings. The summed E-state index contributed by atoms with van der Waals surface area (Å²) in [6.07, 6.45) is 3.71. The number of benzene rings is 1. The molecule has 1 rings (SSSR count). The van der Waals surface area contributed by atoms with Crippen molar-refractivity contribution in [3.05, 3.63) is 29.8 Å². The standard InChI is InChI=1S/C15H21NO2/c1-3-5-11-14(17)12-9-6-7-10-13(12)16-15(18)8-4-2/h6-7,9-10H,3-5,8,11H2,1-2H3,(H,16,18). The Morgan fingerprint density at radius 1 is 1.06 bits per heavy atom. The summed E-state index contributed by atoms with van der Waals surface area (Å²) in [7, 11) is 0. The highest BCUT2D eigenvalue weighted by Crippen LogP contribution is 2.18. The number of hydrogen-bond acceptors (Lipinski definition) is 2. The Bertz CT molecular complexity index is 413. The fourth-order valence-electron chi connectivity index (χ4n) is 1.75. The Balaban J connectivity index is 2.79. The summed E-state index contributed by atoms with van der Waals surface area (Å²) in [5, 5.41) is 2.81. The molecule has 0 fully saturated rings. The molecule has 0 radical (unpaired) electrons. The Labute approximate surface area is 109 Å². The third-order valence-electron chi connectivity index (χ3n) is 2.74. The number of amides is 1. The van der Waals surface area contributed by atoms with Crippen molar-refractivity contribution in [3.63, 3.8) is 0 Å². The number of carbonyl (C=O) groups is 2. The van der Waals surface area contributed by atoms with Crippen LogP contribution >= 0.6 is 0 Å². The molecule has 0 unspecified atom stereocenters. The lowest BCUT2D eigenvalue weighted by Crippen LogP contribution is -2.14. The van der Waals surface area contributed by atoms with Crippen molar-refractivity contribution in [2.45, 2.75) is 46.0 Å². The first-order valence-electron chi connectivity index (χ1n) is 6.61. The molecule has 0 atom stereocenters. The van der Waals surface area contributed by atoms with Gasteiger partial charge in [-0.1, -0.05) is 32.4 Å². The van der Waals surface area contributed by atoms with Crippen LogP contribution < -0.4 is 5.32 Å². The number of ketones is 1. The molecule has 3 nitrogen and oxygen atoms in total. The molecule has 0 saturated heterocycles. The molecular formula is C15H21NO2. The van der Waals surface area contributed by atoms with Crippen molar-refractivity contribution in [1.82, 2.24) is 0 Å². The fraction of sp³-hybridized carbons (Fsp3) is 0.467. The van der Waals surface area contributed by atoms with Gasteiger partial charge in [-0.25, -0.2) is 0 Å². The molecule has 0 heterocycles. The van der Waals surface area contributed by atoms with Crippen molar-refractivity contribution in [2.24, 2.45) is 0 Å². The first-order chi connectivity index (χ1) is 8.69. The van der Waals surface area contributed by atoms with Crippen LogP contribution in [0.1, 0.15) is 56.3 Å². The van der Waals surface area contributed by atoms with Crippen LogP contribution in [0.15, 0.2) is 24.3 Å². The summed E-state index contributed by atoms with van der Waals surface area (Å²) in [5.74, 6) is 0.0671. The highest BCUT2D eigenvalue weighted by molar-refractivity contribution is 6.04. The van der Waals surface area contributed by atoms with Gasteiger partial charge >= 0.3 is 0 Å². The number of hydrogen-bond donors (Lipinski definition) is 1.